The van der Waals surface area contributed by atoms with E-state index in [0.29, 0.717) is 36.5 Å². The van der Waals surface area contributed by atoms with Gasteiger partial charge in [0.2, 0.25) is 0 Å². The van der Waals surface area contributed by atoms with Gasteiger partial charge in [-0.15, -0.1) is 0 Å². The number of aromatic nitrogens is 2. The maximum absolute atomic E-state index is 12.1. The van der Waals surface area contributed by atoms with Crippen molar-refractivity contribution in [3.8, 4) is 0 Å². The quantitative estimate of drug-likeness (QED) is 0.840. The highest BCUT2D eigenvalue weighted by Gasteiger charge is 2.27. The minimum Gasteiger partial charge on any atom is -0.444 e. The highest BCUT2D eigenvalue weighted by Crippen LogP contribution is 2.20. The van der Waals surface area contributed by atoms with Crippen molar-refractivity contribution in [2.24, 2.45) is 5.92 Å². The molecule has 0 saturated carbocycles. The molecule has 7 heteroatoms. The zero-order chi connectivity index (χ0) is 16.9. The van der Waals surface area contributed by atoms with Gasteiger partial charge in [-0.2, -0.15) is 0 Å². The van der Waals surface area contributed by atoms with E-state index in [-0.39, 0.29) is 6.09 Å². The summed E-state index contributed by atoms with van der Waals surface area (Å²) in [7, 11) is 0. The lowest BCUT2D eigenvalue weighted by atomic mass is 9.99. The third kappa shape index (κ3) is 5.95. The van der Waals surface area contributed by atoms with Gasteiger partial charge in [-0.1, -0.05) is 11.6 Å². The smallest absolute Gasteiger partial charge is 0.410 e. The molecular weight excluding hydrogens is 318 g/mol. The fourth-order valence-electron chi connectivity index (χ4n) is 2.46. The predicted octanol–water partition coefficient (Wildman–Crippen LogP) is 3.29. The molecule has 1 aromatic heterocycles. The molecule has 0 spiro atoms. The second-order valence-corrected chi connectivity index (χ2v) is 7.10. The summed E-state index contributed by atoms with van der Waals surface area (Å²) in [6.45, 7) is 7.91. The van der Waals surface area contributed by atoms with Gasteiger partial charge in [0.25, 0.3) is 0 Å². The van der Waals surface area contributed by atoms with Crippen LogP contribution in [0.3, 0.4) is 0 Å². The molecular formula is C16H24ClN3O3. The fourth-order valence-corrected chi connectivity index (χ4v) is 2.62. The summed E-state index contributed by atoms with van der Waals surface area (Å²) < 4.78 is 11.1. The van der Waals surface area contributed by atoms with Crippen molar-refractivity contribution in [3.63, 3.8) is 0 Å². The largest absolute Gasteiger partial charge is 0.444 e. The number of carbonyl (C=O) groups is 1. The lowest BCUT2D eigenvalue weighted by molar-refractivity contribution is 0.00567. The van der Waals surface area contributed by atoms with Crippen LogP contribution < -0.4 is 0 Å². The van der Waals surface area contributed by atoms with Crippen LogP contribution in [0.15, 0.2) is 12.4 Å². The van der Waals surface area contributed by atoms with Crippen LogP contribution >= 0.6 is 11.6 Å². The number of amides is 1. The summed E-state index contributed by atoms with van der Waals surface area (Å²) >= 11 is 5.95. The van der Waals surface area contributed by atoms with E-state index in [0.717, 1.165) is 19.4 Å². The molecule has 1 aromatic rings. The molecule has 0 radical (unpaired) electrons. The van der Waals surface area contributed by atoms with E-state index >= 15 is 0 Å². The van der Waals surface area contributed by atoms with Gasteiger partial charge < -0.3 is 14.4 Å². The molecule has 1 amide bonds. The summed E-state index contributed by atoms with van der Waals surface area (Å²) in [5, 5.41) is 0.367. The van der Waals surface area contributed by atoms with E-state index in [4.69, 9.17) is 21.1 Å². The van der Waals surface area contributed by atoms with E-state index in [2.05, 4.69) is 9.97 Å². The maximum Gasteiger partial charge on any atom is 0.410 e. The topological polar surface area (TPSA) is 64.5 Å². The van der Waals surface area contributed by atoms with Crippen molar-refractivity contribution in [2.75, 3.05) is 19.7 Å². The summed E-state index contributed by atoms with van der Waals surface area (Å²) in [5.74, 6) is 0.298. The minimum atomic E-state index is -0.469. The lowest BCUT2D eigenvalue weighted by Crippen LogP contribution is -2.43. The molecule has 2 heterocycles. The molecule has 23 heavy (non-hydrogen) atoms. The molecule has 2 rings (SSSR count). The number of likely N-dealkylation sites (tertiary alicyclic amines) is 1. The Kier molecular flexibility index (Phi) is 6.18. The molecule has 0 aromatic carbocycles. The normalized spacial score (nSPS) is 18.8. The number of carbonyl (C=O) groups excluding carboxylic acids is 1. The number of hydrogen-bond donors (Lipinski definition) is 0. The molecule has 1 aliphatic heterocycles. The Morgan fingerprint density at radius 3 is 2.83 bits per heavy atom. The van der Waals surface area contributed by atoms with Crippen LogP contribution in [0.1, 0.15) is 39.3 Å². The number of nitrogens with zero attached hydrogens (tertiary/aromatic N) is 3. The van der Waals surface area contributed by atoms with Crippen molar-refractivity contribution < 1.29 is 14.3 Å². The molecule has 1 atom stereocenters. The number of hydrogen-bond acceptors (Lipinski definition) is 5. The summed E-state index contributed by atoms with van der Waals surface area (Å²) in [4.78, 5) is 22.0. The average Bonchev–Trinajstić information content (AvgIpc) is 2.48. The summed E-state index contributed by atoms with van der Waals surface area (Å²) in [6, 6.07) is 0. The first kappa shape index (κ1) is 17.9. The van der Waals surface area contributed by atoms with Crippen LogP contribution in [0.25, 0.3) is 0 Å². The van der Waals surface area contributed by atoms with E-state index < -0.39 is 5.60 Å². The molecule has 1 fully saturated rings. The Hall–Kier alpha value is -1.40. The Bertz CT molecular complexity index is 534. The molecule has 128 valence electrons. The lowest BCUT2D eigenvalue weighted by Gasteiger charge is -2.34. The van der Waals surface area contributed by atoms with Crippen LogP contribution in [0.4, 0.5) is 4.79 Å². The van der Waals surface area contributed by atoms with E-state index in [1.807, 2.05) is 20.8 Å². The first-order chi connectivity index (χ1) is 10.8. The van der Waals surface area contributed by atoms with Crippen LogP contribution in [-0.2, 0) is 16.1 Å². The number of ether oxygens (including phenoxy) is 2. The Labute approximate surface area is 142 Å². The minimum absolute atomic E-state index is 0.251. The summed E-state index contributed by atoms with van der Waals surface area (Å²) in [6.07, 6.45) is 4.88. The van der Waals surface area contributed by atoms with Gasteiger partial charge in [0.15, 0.2) is 5.15 Å². The molecule has 1 saturated heterocycles. The number of rotatable bonds is 4. The van der Waals surface area contributed by atoms with Crippen molar-refractivity contribution in [2.45, 2.75) is 45.8 Å². The molecule has 6 nitrogen and oxygen atoms in total. The van der Waals surface area contributed by atoms with Gasteiger partial charge in [-0.3, -0.25) is 4.98 Å². The fraction of sp³-hybridized carbons (Fsp3) is 0.688. The third-order valence-corrected chi connectivity index (χ3v) is 3.80. The molecule has 0 N–H and O–H groups in total. The zero-order valence-electron chi connectivity index (χ0n) is 13.9. The monoisotopic (exact) mass is 341 g/mol. The Morgan fingerprint density at radius 1 is 1.39 bits per heavy atom. The SMILES string of the molecule is CC(C)(C)OC(=O)N1CCC[C@@H](COCc2nccnc2Cl)C1. The predicted molar refractivity (Wildman–Crippen MR) is 87.2 cm³/mol. The molecule has 0 unspecified atom stereocenters. The van der Waals surface area contributed by atoms with Crippen molar-refractivity contribution >= 4 is 17.7 Å². The maximum atomic E-state index is 12.1. The highest BCUT2D eigenvalue weighted by molar-refractivity contribution is 6.29. The number of piperidine rings is 1. The van der Waals surface area contributed by atoms with Gasteiger partial charge in [0, 0.05) is 31.4 Å². The molecule has 0 aliphatic carbocycles. The summed E-state index contributed by atoms with van der Waals surface area (Å²) in [5.41, 5.74) is 0.164. The second kappa shape index (κ2) is 7.93. The number of halogens is 1. The van der Waals surface area contributed by atoms with Gasteiger partial charge in [-0.25, -0.2) is 9.78 Å². The van der Waals surface area contributed by atoms with Crippen LogP contribution in [0, 0.1) is 5.92 Å². The van der Waals surface area contributed by atoms with E-state index in [1.165, 1.54) is 0 Å². The van der Waals surface area contributed by atoms with Crippen molar-refractivity contribution in [3.05, 3.63) is 23.2 Å². The van der Waals surface area contributed by atoms with Crippen LogP contribution in [0.2, 0.25) is 5.15 Å². The first-order valence-electron chi connectivity index (χ1n) is 7.86. The molecule has 1 aliphatic rings. The Balaban J connectivity index is 1.78. The van der Waals surface area contributed by atoms with Crippen molar-refractivity contribution in [1.82, 2.24) is 14.9 Å². The standard InChI is InChI=1S/C16H24ClN3O3/c1-16(2,3)23-15(21)20-8-4-5-12(9-20)10-22-11-13-14(17)19-7-6-18-13/h6-7,12H,4-5,8-11H2,1-3H3/t12-/m1/s1. The zero-order valence-corrected chi connectivity index (χ0v) is 14.7. The van der Waals surface area contributed by atoms with Gasteiger partial charge >= 0.3 is 6.09 Å². The van der Waals surface area contributed by atoms with Gasteiger partial charge in [-0.05, 0) is 33.6 Å². The second-order valence-electron chi connectivity index (χ2n) is 6.74. The third-order valence-electron chi connectivity index (χ3n) is 3.49. The molecule has 0 bridgehead atoms. The van der Waals surface area contributed by atoms with Crippen LogP contribution in [-0.4, -0.2) is 46.3 Å². The highest BCUT2D eigenvalue weighted by atomic mass is 35.5. The first-order valence-corrected chi connectivity index (χ1v) is 8.24. The van der Waals surface area contributed by atoms with Crippen LogP contribution in [0.5, 0.6) is 0 Å². The Morgan fingerprint density at radius 2 is 2.13 bits per heavy atom. The van der Waals surface area contributed by atoms with Gasteiger partial charge in [0.05, 0.1) is 13.2 Å². The van der Waals surface area contributed by atoms with E-state index in [1.54, 1.807) is 17.3 Å². The van der Waals surface area contributed by atoms with Gasteiger partial charge in [0.1, 0.15) is 11.3 Å². The van der Waals surface area contributed by atoms with Crippen molar-refractivity contribution in [1.29, 1.82) is 0 Å². The van der Waals surface area contributed by atoms with E-state index in [9.17, 15) is 4.79 Å². The average molecular weight is 342 g/mol.